The lowest BCUT2D eigenvalue weighted by atomic mass is 9.56. The Balaban J connectivity index is 1.47. The molecule has 0 amide bonds. The number of aryl methyl sites for hydroxylation is 1. The van der Waals surface area contributed by atoms with E-state index in [9.17, 15) is 49.2 Å². The van der Waals surface area contributed by atoms with Gasteiger partial charge in [-0.05, 0) is 31.0 Å². The van der Waals surface area contributed by atoms with Crippen molar-refractivity contribution < 1.29 is 82.8 Å². The number of aromatic hydroxyl groups is 2. The molecule has 0 saturated carbocycles. The number of Topliss-reactive ketones (excluding diaryl/α,β-unsaturated/α-hetero) is 3. The van der Waals surface area contributed by atoms with E-state index in [2.05, 4.69) is 10.5 Å². The summed E-state index contributed by atoms with van der Waals surface area (Å²) in [5, 5.41) is 62.6. The second-order valence-electron chi connectivity index (χ2n) is 13.2. The number of aliphatic hydroxyl groups excluding tert-OH is 1. The predicted octanol–water partition coefficient (Wildman–Crippen LogP) is -0.154. The second-order valence-corrected chi connectivity index (χ2v) is 13.2. The van der Waals surface area contributed by atoms with Crippen molar-refractivity contribution in [3.05, 3.63) is 68.4 Å². The largest absolute Gasteiger partial charge is 0.507 e. The Kier molecular flexibility index (Phi) is 9.91. The highest BCUT2D eigenvalue weighted by Gasteiger charge is 2.72. The molecule has 1 unspecified atom stereocenters. The third-order valence-electron chi connectivity index (χ3n) is 10.3. The number of esters is 1. The number of carbonyl (C=O) groups excluding carboxylic acids is 5. The highest BCUT2D eigenvalue weighted by Crippen LogP contribution is 2.56. The van der Waals surface area contributed by atoms with Crippen LogP contribution in [0.5, 0.6) is 11.5 Å². The van der Waals surface area contributed by atoms with Crippen LogP contribution in [0.15, 0.2) is 29.1 Å². The van der Waals surface area contributed by atoms with Crippen molar-refractivity contribution in [1.82, 2.24) is 5.32 Å². The number of benzene rings is 2. The molecule has 7 atom stereocenters. The molecule has 0 radical (unpaired) electrons. The Morgan fingerprint density at radius 1 is 0.982 bits per heavy atom. The van der Waals surface area contributed by atoms with Crippen LogP contribution in [0.4, 0.5) is 0 Å². The lowest BCUT2D eigenvalue weighted by Gasteiger charge is -2.52. The molecule has 55 heavy (non-hydrogen) atoms. The van der Waals surface area contributed by atoms with Gasteiger partial charge in [0.1, 0.15) is 35.0 Å². The summed E-state index contributed by atoms with van der Waals surface area (Å²) in [6.07, 6.45) is -5.87. The molecule has 1 aliphatic heterocycles. The quantitative estimate of drug-likeness (QED) is 0.143. The number of oxime groups is 1. The minimum Gasteiger partial charge on any atom is -0.507 e. The molecule has 19 nitrogen and oxygen atoms in total. The molecule has 1 saturated heterocycles. The molecule has 6 N–H and O–H groups in total. The number of hydrogen-bond acceptors (Lipinski definition) is 18. The molecule has 6 rings (SSSR count). The molecule has 2 aromatic carbocycles. The number of phenols is 2. The fraction of sp³-hybridized carbons (Fsp3) is 0.417. The fourth-order valence-corrected chi connectivity index (χ4v) is 7.97. The Hall–Kier alpha value is -5.57. The zero-order valence-corrected chi connectivity index (χ0v) is 30.1. The van der Waals surface area contributed by atoms with Crippen LogP contribution < -0.4 is 5.32 Å². The molecule has 2 aromatic rings. The van der Waals surface area contributed by atoms with Gasteiger partial charge in [0.15, 0.2) is 23.2 Å². The van der Waals surface area contributed by atoms with Crippen LogP contribution >= 0.6 is 0 Å². The van der Waals surface area contributed by atoms with Gasteiger partial charge in [0, 0.05) is 50.5 Å². The minimum atomic E-state index is -3.27. The standard InChI is InChI=1S/C36H36N2O17/c1-12-7-14-8-19(40)36(53-6)32(47)23-16(31(46)35(36,49)24(14)28(45)21(12)34(48)52-5)9-15-22(27(23)44)18(39)10-17(26(15)43)37-33-30(51-4)25(38-54-11-20(41)42)29(50-3)13(2)55-33/h7,9-10,13,19,29-30,33,37,40,44-45,49H,8,11H2,1-6H3,(H,41,42)/t13-,19+,29-,30+,33-,35?,36+/m0/s1. The molecule has 292 valence electrons. The zero-order chi connectivity index (χ0) is 40.5. The summed E-state index contributed by atoms with van der Waals surface area (Å²) in [6, 6.07) is 2.13. The van der Waals surface area contributed by atoms with Gasteiger partial charge in [0.05, 0.1) is 36.1 Å². The van der Waals surface area contributed by atoms with E-state index in [-0.39, 0.29) is 16.8 Å². The van der Waals surface area contributed by atoms with Crippen LogP contribution in [0.3, 0.4) is 0 Å². The summed E-state index contributed by atoms with van der Waals surface area (Å²) in [4.78, 5) is 85.6. The van der Waals surface area contributed by atoms with Crippen LogP contribution in [-0.2, 0) is 45.3 Å². The van der Waals surface area contributed by atoms with E-state index in [4.69, 9.17) is 33.6 Å². The number of methoxy groups -OCH3 is 4. The number of fused-ring (bicyclic) bond motifs is 5. The maximum absolute atomic E-state index is 14.7. The Morgan fingerprint density at radius 3 is 2.25 bits per heavy atom. The van der Waals surface area contributed by atoms with Crippen LogP contribution in [0.2, 0.25) is 0 Å². The van der Waals surface area contributed by atoms with Gasteiger partial charge in [-0.2, -0.15) is 0 Å². The lowest BCUT2D eigenvalue weighted by molar-refractivity contribution is -0.181. The number of aliphatic carboxylic acids is 1. The molecule has 0 aromatic heterocycles. The molecule has 0 bridgehead atoms. The van der Waals surface area contributed by atoms with Crippen LogP contribution in [0, 0.1) is 6.92 Å². The molecule has 1 heterocycles. The molecule has 1 fully saturated rings. The van der Waals surface area contributed by atoms with E-state index in [0.29, 0.717) is 0 Å². The second kappa shape index (κ2) is 13.9. The number of carboxylic acid groups (broad SMARTS) is 1. The monoisotopic (exact) mass is 768 g/mol. The molecule has 3 aliphatic carbocycles. The van der Waals surface area contributed by atoms with E-state index < -0.39 is 141 Å². The number of nitrogens with zero attached hydrogens (tertiary/aromatic N) is 1. The first-order chi connectivity index (χ1) is 26.0. The van der Waals surface area contributed by atoms with Crippen molar-refractivity contribution >= 4 is 40.8 Å². The summed E-state index contributed by atoms with van der Waals surface area (Å²) in [5.41, 5.74) is -10.5. The van der Waals surface area contributed by atoms with E-state index in [0.717, 1.165) is 26.4 Å². The topological polar surface area (TPSA) is 283 Å². The van der Waals surface area contributed by atoms with Gasteiger partial charge in [0.2, 0.25) is 24.0 Å². The average Bonchev–Trinajstić information content (AvgIpc) is 3.12. The van der Waals surface area contributed by atoms with Crippen molar-refractivity contribution in [2.24, 2.45) is 5.16 Å². The minimum absolute atomic E-state index is 0.0285. The fourth-order valence-electron chi connectivity index (χ4n) is 7.97. The lowest BCUT2D eigenvalue weighted by Crippen LogP contribution is -2.73. The van der Waals surface area contributed by atoms with Crippen molar-refractivity contribution in [2.75, 3.05) is 35.0 Å². The number of aliphatic hydroxyl groups is 2. The van der Waals surface area contributed by atoms with Gasteiger partial charge in [-0.15, -0.1) is 0 Å². The number of nitrogens with one attached hydrogen (secondary N) is 1. The number of ketones is 4. The summed E-state index contributed by atoms with van der Waals surface area (Å²) in [5.74, 6) is -9.24. The molecule has 0 spiro atoms. The van der Waals surface area contributed by atoms with Gasteiger partial charge in [0.25, 0.3) is 0 Å². The zero-order valence-electron chi connectivity index (χ0n) is 30.1. The molecular formula is C36H36N2O17. The number of carbonyl (C=O) groups is 6. The first-order valence-electron chi connectivity index (χ1n) is 16.6. The molecule has 19 heteroatoms. The highest BCUT2D eigenvalue weighted by atomic mass is 16.6. The summed E-state index contributed by atoms with van der Waals surface area (Å²) in [7, 11) is 4.51. The van der Waals surface area contributed by atoms with Crippen molar-refractivity contribution in [1.29, 1.82) is 0 Å². The number of ether oxygens (including phenoxy) is 5. The molecular weight excluding hydrogens is 732 g/mol. The van der Waals surface area contributed by atoms with Crippen LogP contribution in [-0.4, -0.2) is 138 Å². The smallest absolute Gasteiger partial charge is 0.344 e. The molecule has 4 aliphatic rings. The van der Waals surface area contributed by atoms with Crippen molar-refractivity contribution in [3.63, 3.8) is 0 Å². The van der Waals surface area contributed by atoms with Crippen LogP contribution in [0.1, 0.15) is 75.4 Å². The third kappa shape index (κ3) is 5.45. The van der Waals surface area contributed by atoms with Gasteiger partial charge in [-0.1, -0.05) is 11.2 Å². The first-order valence-corrected chi connectivity index (χ1v) is 16.6. The summed E-state index contributed by atoms with van der Waals surface area (Å²) < 4.78 is 27.2. The maximum atomic E-state index is 14.7. The Bertz CT molecular complexity index is 2140. The number of allylic oxidation sites excluding steroid dienone is 2. The first kappa shape index (κ1) is 39.1. The van der Waals surface area contributed by atoms with Gasteiger partial charge in [-0.25, -0.2) is 9.59 Å². The van der Waals surface area contributed by atoms with Gasteiger partial charge < -0.3 is 59.4 Å². The highest BCUT2D eigenvalue weighted by molar-refractivity contribution is 6.31. The predicted molar refractivity (Wildman–Crippen MR) is 181 cm³/mol. The van der Waals surface area contributed by atoms with E-state index >= 15 is 0 Å². The van der Waals surface area contributed by atoms with Gasteiger partial charge in [-0.3, -0.25) is 19.2 Å². The van der Waals surface area contributed by atoms with Crippen molar-refractivity contribution in [2.45, 2.75) is 62.1 Å². The van der Waals surface area contributed by atoms with E-state index in [1.807, 2.05) is 0 Å². The average molecular weight is 769 g/mol. The normalized spacial score (nSPS) is 29.1. The summed E-state index contributed by atoms with van der Waals surface area (Å²) in [6.45, 7) is 2.20. The Morgan fingerprint density at radius 2 is 1.65 bits per heavy atom. The maximum Gasteiger partial charge on any atom is 0.344 e. The number of phenolic OH excluding ortho intramolecular Hbond substituents is 2. The van der Waals surface area contributed by atoms with E-state index in [1.165, 1.54) is 27.2 Å². The number of carboxylic acids is 1. The Labute approximate surface area is 311 Å². The van der Waals surface area contributed by atoms with E-state index in [1.54, 1.807) is 6.92 Å². The number of hydrogen-bond donors (Lipinski definition) is 6. The van der Waals surface area contributed by atoms with Crippen molar-refractivity contribution in [3.8, 4) is 11.5 Å². The SMILES string of the molecule is COC(=O)c1c(C)cc2c(c1O)C1(O)C(=O)c3cc4c(c(O)c3C(=O)[C@]1(OC)[C@H](O)C2)C(=O)C=C(N[C@H]1O[C@@H](C)[C@H](OC)C(=NOCC(=O)O)[C@H]1OC)C4=O. The third-order valence-corrected chi connectivity index (χ3v) is 10.3. The number of rotatable bonds is 9. The van der Waals surface area contributed by atoms with Crippen LogP contribution in [0.25, 0.3) is 0 Å². The van der Waals surface area contributed by atoms with Gasteiger partial charge >= 0.3 is 11.9 Å². The summed E-state index contributed by atoms with van der Waals surface area (Å²) >= 11 is 0.